The molecule has 128 valence electrons. The lowest BCUT2D eigenvalue weighted by atomic mass is 9.87. The summed E-state index contributed by atoms with van der Waals surface area (Å²) in [5.41, 5.74) is 2.49. The second kappa shape index (κ2) is 7.21. The Kier molecular flexibility index (Phi) is 4.84. The van der Waals surface area contributed by atoms with E-state index in [4.69, 9.17) is 0 Å². The summed E-state index contributed by atoms with van der Waals surface area (Å²) < 4.78 is 4.63. The van der Waals surface area contributed by atoms with Crippen LogP contribution in [0.15, 0.2) is 72.4 Å². The van der Waals surface area contributed by atoms with Gasteiger partial charge in [0.25, 0.3) is 5.91 Å². The smallest absolute Gasteiger partial charge is 0.332 e. The normalized spacial score (nSPS) is 20.0. The van der Waals surface area contributed by atoms with Crippen molar-refractivity contribution >= 4 is 17.6 Å². The molecule has 0 radical (unpaired) electrons. The Morgan fingerprint density at radius 3 is 2.28 bits per heavy atom. The third kappa shape index (κ3) is 3.40. The molecule has 0 saturated carbocycles. The zero-order valence-electron chi connectivity index (χ0n) is 14.2. The van der Waals surface area contributed by atoms with Gasteiger partial charge in [-0.25, -0.2) is 4.79 Å². The number of esters is 1. The Morgan fingerprint density at radius 2 is 1.68 bits per heavy atom. The van der Waals surface area contributed by atoms with E-state index in [1.807, 2.05) is 60.7 Å². The van der Waals surface area contributed by atoms with Crippen molar-refractivity contribution in [3.63, 3.8) is 0 Å². The molecular formula is C20H20N2O3. The highest BCUT2D eigenvalue weighted by atomic mass is 16.5. The Labute approximate surface area is 146 Å². The molecule has 5 heteroatoms. The van der Waals surface area contributed by atoms with Gasteiger partial charge in [0.05, 0.1) is 13.2 Å². The second-order valence-electron chi connectivity index (χ2n) is 5.87. The summed E-state index contributed by atoms with van der Waals surface area (Å²) in [5, 5.41) is 3.15. The van der Waals surface area contributed by atoms with E-state index in [1.165, 1.54) is 13.2 Å². The zero-order chi connectivity index (χ0) is 17.8. The van der Waals surface area contributed by atoms with Crippen LogP contribution in [-0.2, 0) is 14.3 Å². The van der Waals surface area contributed by atoms with E-state index in [0.29, 0.717) is 5.70 Å². The van der Waals surface area contributed by atoms with Gasteiger partial charge in [-0.3, -0.25) is 4.79 Å². The van der Waals surface area contributed by atoms with Crippen molar-refractivity contribution in [1.29, 1.82) is 0 Å². The summed E-state index contributed by atoms with van der Waals surface area (Å²) in [5.74, 6) is -0.481. The van der Waals surface area contributed by atoms with Gasteiger partial charge in [-0.15, -0.1) is 0 Å². The Morgan fingerprint density at radius 1 is 1.08 bits per heavy atom. The molecular weight excluding hydrogens is 316 g/mol. The fraction of sp³-hybridized carbons (Fsp3) is 0.200. The van der Waals surface area contributed by atoms with Crippen LogP contribution in [0.2, 0.25) is 0 Å². The third-order valence-electron chi connectivity index (χ3n) is 4.19. The SMILES string of the molecule is COC(=O)/C=C(\C)NC1C(=O)N(c2ccccc2)C1c1ccccc1. The molecule has 2 aromatic carbocycles. The van der Waals surface area contributed by atoms with Crippen molar-refractivity contribution in [2.24, 2.45) is 0 Å². The van der Waals surface area contributed by atoms with Gasteiger partial charge in [0.15, 0.2) is 0 Å². The summed E-state index contributed by atoms with van der Waals surface area (Å²) >= 11 is 0. The van der Waals surface area contributed by atoms with Gasteiger partial charge in [0.1, 0.15) is 6.04 Å². The van der Waals surface area contributed by atoms with Crippen molar-refractivity contribution in [2.75, 3.05) is 12.0 Å². The lowest BCUT2D eigenvalue weighted by Gasteiger charge is -2.48. The predicted molar refractivity (Wildman–Crippen MR) is 95.8 cm³/mol. The van der Waals surface area contributed by atoms with E-state index >= 15 is 0 Å². The number of ether oxygens (including phenoxy) is 1. The first-order chi connectivity index (χ1) is 12.1. The van der Waals surface area contributed by atoms with E-state index < -0.39 is 12.0 Å². The fourth-order valence-electron chi connectivity index (χ4n) is 3.02. The summed E-state index contributed by atoms with van der Waals surface area (Å²) in [6.07, 6.45) is 1.35. The number of nitrogens with one attached hydrogen (secondary N) is 1. The second-order valence-corrected chi connectivity index (χ2v) is 5.87. The number of nitrogens with zero attached hydrogens (tertiary/aromatic N) is 1. The van der Waals surface area contributed by atoms with Crippen LogP contribution < -0.4 is 10.2 Å². The van der Waals surface area contributed by atoms with Crippen LogP contribution in [0, 0.1) is 0 Å². The van der Waals surface area contributed by atoms with E-state index in [-0.39, 0.29) is 11.9 Å². The molecule has 1 aliphatic heterocycles. The quantitative estimate of drug-likeness (QED) is 0.518. The first-order valence-electron chi connectivity index (χ1n) is 8.07. The highest BCUT2D eigenvalue weighted by Gasteiger charge is 2.48. The van der Waals surface area contributed by atoms with Crippen LogP contribution in [0.25, 0.3) is 0 Å². The minimum Gasteiger partial charge on any atom is -0.466 e. The summed E-state index contributed by atoms with van der Waals surface area (Å²) in [6.45, 7) is 1.75. The molecule has 1 aliphatic rings. The van der Waals surface area contributed by atoms with Gasteiger partial charge in [-0.05, 0) is 24.6 Å². The topological polar surface area (TPSA) is 58.6 Å². The standard InChI is InChI=1S/C20H20N2O3/c1-14(13-17(23)25-2)21-18-19(15-9-5-3-6-10-15)22(20(18)24)16-11-7-4-8-12-16/h3-13,18-19,21H,1-2H3/b14-13+. The van der Waals surface area contributed by atoms with Gasteiger partial charge in [0, 0.05) is 17.5 Å². The molecule has 0 spiro atoms. The van der Waals surface area contributed by atoms with Crippen molar-refractivity contribution in [3.8, 4) is 0 Å². The lowest BCUT2D eigenvalue weighted by molar-refractivity contribution is -0.135. The van der Waals surface area contributed by atoms with Gasteiger partial charge in [-0.2, -0.15) is 0 Å². The van der Waals surface area contributed by atoms with Crippen LogP contribution in [0.4, 0.5) is 5.69 Å². The molecule has 2 atom stereocenters. The first kappa shape index (κ1) is 16.8. The van der Waals surface area contributed by atoms with Crippen LogP contribution in [0.1, 0.15) is 18.5 Å². The molecule has 1 amide bonds. The Bertz CT molecular complexity index is 787. The van der Waals surface area contributed by atoms with E-state index in [2.05, 4.69) is 10.1 Å². The number of benzene rings is 2. The molecule has 0 aliphatic carbocycles. The largest absolute Gasteiger partial charge is 0.466 e. The molecule has 5 nitrogen and oxygen atoms in total. The number of hydrogen-bond acceptors (Lipinski definition) is 4. The summed E-state index contributed by atoms with van der Waals surface area (Å²) in [6, 6.07) is 18.9. The molecule has 25 heavy (non-hydrogen) atoms. The molecule has 1 saturated heterocycles. The number of rotatable bonds is 5. The van der Waals surface area contributed by atoms with Crippen molar-refractivity contribution in [1.82, 2.24) is 5.32 Å². The fourth-order valence-corrected chi connectivity index (χ4v) is 3.02. The van der Waals surface area contributed by atoms with Crippen LogP contribution >= 0.6 is 0 Å². The monoisotopic (exact) mass is 336 g/mol. The van der Waals surface area contributed by atoms with Gasteiger partial charge < -0.3 is 15.0 Å². The lowest BCUT2D eigenvalue weighted by Crippen LogP contribution is -2.64. The van der Waals surface area contributed by atoms with Crippen LogP contribution in [0.3, 0.4) is 0 Å². The molecule has 2 unspecified atom stereocenters. The molecule has 0 aromatic heterocycles. The average molecular weight is 336 g/mol. The Hall–Kier alpha value is -3.08. The average Bonchev–Trinajstić information content (AvgIpc) is 2.65. The van der Waals surface area contributed by atoms with E-state index in [0.717, 1.165) is 11.3 Å². The van der Waals surface area contributed by atoms with Gasteiger partial charge in [0.2, 0.25) is 0 Å². The number of β-lactam (4-membered cyclic amide) rings is 1. The minimum atomic E-state index is -0.451. The maximum Gasteiger partial charge on any atom is 0.332 e. The molecule has 0 bridgehead atoms. The molecule has 1 fully saturated rings. The van der Waals surface area contributed by atoms with Crippen LogP contribution in [-0.4, -0.2) is 25.0 Å². The number of carbonyl (C=O) groups excluding carboxylic acids is 2. The first-order valence-corrected chi connectivity index (χ1v) is 8.07. The van der Waals surface area contributed by atoms with Crippen molar-refractivity contribution < 1.29 is 14.3 Å². The summed E-state index contributed by atoms with van der Waals surface area (Å²) in [7, 11) is 1.32. The highest BCUT2D eigenvalue weighted by Crippen LogP contribution is 2.39. The predicted octanol–water partition coefficient (Wildman–Crippen LogP) is 2.81. The number of para-hydroxylation sites is 1. The van der Waals surface area contributed by atoms with E-state index in [1.54, 1.807) is 11.8 Å². The zero-order valence-corrected chi connectivity index (χ0v) is 14.2. The molecule has 1 N–H and O–H groups in total. The number of methoxy groups -OCH3 is 1. The highest BCUT2D eigenvalue weighted by molar-refractivity contribution is 6.06. The minimum absolute atomic E-state index is 0.0299. The maximum absolute atomic E-state index is 12.8. The van der Waals surface area contributed by atoms with Crippen LogP contribution in [0.5, 0.6) is 0 Å². The van der Waals surface area contributed by atoms with E-state index in [9.17, 15) is 9.59 Å². The van der Waals surface area contributed by atoms with Crippen molar-refractivity contribution in [3.05, 3.63) is 78.0 Å². The molecule has 3 rings (SSSR count). The van der Waals surface area contributed by atoms with Gasteiger partial charge >= 0.3 is 5.97 Å². The Balaban J connectivity index is 1.89. The number of anilines is 1. The number of amides is 1. The number of allylic oxidation sites excluding steroid dienone is 1. The summed E-state index contributed by atoms with van der Waals surface area (Å²) in [4.78, 5) is 25.9. The van der Waals surface area contributed by atoms with Crippen molar-refractivity contribution in [2.45, 2.75) is 19.0 Å². The number of hydrogen-bond donors (Lipinski definition) is 1. The third-order valence-corrected chi connectivity index (χ3v) is 4.19. The molecule has 1 heterocycles. The van der Waals surface area contributed by atoms with Gasteiger partial charge in [-0.1, -0.05) is 48.5 Å². The number of carbonyl (C=O) groups is 2. The molecule has 2 aromatic rings. The maximum atomic E-state index is 12.8.